The first kappa shape index (κ1) is 32.6. The van der Waals surface area contributed by atoms with E-state index in [9.17, 15) is 0 Å². The Morgan fingerprint density at radius 2 is 1.35 bits per heavy atom. The molecule has 57 heavy (non-hydrogen) atoms. The van der Waals surface area contributed by atoms with Crippen molar-refractivity contribution in [1.29, 1.82) is 0 Å². The highest BCUT2D eigenvalue weighted by Gasteiger charge is 2.23. The first-order valence-corrected chi connectivity index (χ1v) is 21.1. The van der Waals surface area contributed by atoms with E-state index >= 15 is 0 Å². The summed E-state index contributed by atoms with van der Waals surface area (Å²) in [5, 5.41) is 10.1. The van der Waals surface area contributed by atoms with E-state index < -0.39 is 0 Å². The highest BCUT2D eigenvalue weighted by atomic mass is 32.1. The molecule has 0 fully saturated rings. The molecule has 4 nitrogen and oxygen atoms in total. The summed E-state index contributed by atoms with van der Waals surface area (Å²) in [6.07, 6.45) is 6.49. The topological polar surface area (TPSA) is 41.7 Å². The molecule has 0 amide bonds. The summed E-state index contributed by atoms with van der Waals surface area (Å²) >= 11 is 3.76. The van der Waals surface area contributed by atoms with Crippen LogP contribution >= 0.6 is 22.7 Å². The molecule has 1 atom stereocenters. The Bertz CT molecular complexity index is 3330. The predicted molar refractivity (Wildman–Crippen MR) is 244 cm³/mol. The van der Waals surface area contributed by atoms with Crippen molar-refractivity contribution in [3.8, 4) is 16.8 Å². The number of para-hydroxylation sites is 1. The largest absolute Gasteiger partial charge is 0.344 e. The Morgan fingerprint density at radius 3 is 2.25 bits per heavy atom. The fourth-order valence-electron chi connectivity index (χ4n) is 8.83. The maximum absolute atomic E-state index is 5.15. The number of aromatic nitrogens is 1. The minimum atomic E-state index is -0.273. The first-order chi connectivity index (χ1) is 28.2. The van der Waals surface area contributed by atoms with Gasteiger partial charge in [-0.05, 0) is 72.0 Å². The van der Waals surface area contributed by atoms with Crippen LogP contribution < -0.4 is 5.32 Å². The maximum atomic E-state index is 5.15. The van der Waals surface area contributed by atoms with Gasteiger partial charge in [-0.1, -0.05) is 127 Å². The molecule has 10 aromatic rings. The van der Waals surface area contributed by atoms with Crippen LogP contribution in [-0.4, -0.2) is 16.2 Å². The number of amidine groups is 2. The normalized spacial score (nSPS) is 15.3. The molecule has 0 bridgehead atoms. The van der Waals surface area contributed by atoms with Crippen molar-refractivity contribution in [2.45, 2.75) is 19.0 Å². The lowest BCUT2D eigenvalue weighted by atomic mass is 10.0. The van der Waals surface area contributed by atoms with E-state index in [0.29, 0.717) is 0 Å². The number of benzene rings is 7. The van der Waals surface area contributed by atoms with Gasteiger partial charge in [-0.15, -0.1) is 22.7 Å². The standard InChI is InChI=1S/C51H34N4S2/c1-3-12-31(13-4-1)49-52-50(32-14-5-2-6-15-32)54-51(53-49)34-23-26-46-41(28-34)40-19-11-18-36(48(40)57-46)33-22-25-39-42-30-35(24-27-45(42)56-47(39)29-33)55-43-20-9-7-16-37(43)38-17-8-10-21-44(38)55/h1-9,11-20,22-30,51H,10,21H2,(H,52,53,54). The van der Waals surface area contributed by atoms with Gasteiger partial charge in [-0.25, -0.2) is 9.98 Å². The van der Waals surface area contributed by atoms with Crippen molar-refractivity contribution in [2.75, 3.05) is 0 Å². The lowest BCUT2D eigenvalue weighted by Gasteiger charge is -2.23. The van der Waals surface area contributed by atoms with Gasteiger partial charge in [0, 0.05) is 73.8 Å². The molecule has 2 aliphatic rings. The number of nitrogens with zero attached hydrogens (tertiary/aromatic N) is 3. The smallest absolute Gasteiger partial charge is 0.159 e. The van der Waals surface area contributed by atoms with Crippen molar-refractivity contribution in [3.05, 3.63) is 192 Å². The summed E-state index contributed by atoms with van der Waals surface area (Å²) in [4.78, 5) is 10.1. The van der Waals surface area contributed by atoms with E-state index in [1.54, 1.807) is 0 Å². The fraction of sp³-hybridized carbons (Fsp3) is 0.0588. The molecular formula is C51H34N4S2. The van der Waals surface area contributed by atoms with Gasteiger partial charge in [0.25, 0.3) is 0 Å². The molecule has 1 aliphatic heterocycles. The number of hydrogen-bond donors (Lipinski definition) is 1. The molecule has 12 rings (SSSR count). The van der Waals surface area contributed by atoms with Crippen molar-refractivity contribution in [2.24, 2.45) is 9.98 Å². The highest BCUT2D eigenvalue weighted by molar-refractivity contribution is 7.26. The van der Waals surface area contributed by atoms with Gasteiger partial charge in [0.1, 0.15) is 12.0 Å². The summed E-state index contributed by atoms with van der Waals surface area (Å²) in [7, 11) is 0. The molecule has 0 radical (unpaired) electrons. The second kappa shape index (κ2) is 13.0. The minimum absolute atomic E-state index is 0.273. The zero-order chi connectivity index (χ0) is 37.5. The number of nitrogens with one attached hydrogen (secondary N) is 1. The predicted octanol–water partition coefficient (Wildman–Crippen LogP) is 13.5. The zero-order valence-corrected chi connectivity index (χ0v) is 32.4. The molecular weight excluding hydrogens is 733 g/mol. The number of thiophene rings is 2. The number of rotatable bonds is 5. The van der Waals surface area contributed by atoms with Gasteiger partial charge >= 0.3 is 0 Å². The van der Waals surface area contributed by atoms with Crippen LogP contribution in [0.15, 0.2) is 174 Å². The monoisotopic (exact) mass is 766 g/mol. The van der Waals surface area contributed by atoms with Crippen molar-refractivity contribution in [1.82, 2.24) is 9.88 Å². The lowest BCUT2D eigenvalue weighted by Crippen LogP contribution is -2.33. The quantitative estimate of drug-likeness (QED) is 0.186. The van der Waals surface area contributed by atoms with E-state index in [0.717, 1.165) is 41.2 Å². The summed E-state index contributed by atoms with van der Waals surface area (Å²) in [6.45, 7) is 0. The van der Waals surface area contributed by atoms with Crippen LogP contribution in [0.25, 0.3) is 74.1 Å². The molecule has 0 saturated carbocycles. The molecule has 7 aromatic carbocycles. The highest BCUT2D eigenvalue weighted by Crippen LogP contribution is 2.44. The molecule has 1 unspecified atom stereocenters. The van der Waals surface area contributed by atoms with Crippen LogP contribution in [0.4, 0.5) is 0 Å². The molecule has 6 heteroatoms. The number of fused-ring (bicyclic) bond motifs is 9. The molecule has 0 spiro atoms. The van der Waals surface area contributed by atoms with Gasteiger partial charge in [-0.3, -0.25) is 0 Å². The summed E-state index contributed by atoms with van der Waals surface area (Å²) in [5.41, 5.74) is 11.0. The Labute approximate surface area is 337 Å². The van der Waals surface area contributed by atoms with Crippen LogP contribution in [-0.2, 0) is 6.42 Å². The van der Waals surface area contributed by atoms with Gasteiger partial charge in [0.05, 0.1) is 5.52 Å². The second-order valence-corrected chi connectivity index (χ2v) is 17.0. The summed E-state index contributed by atoms with van der Waals surface area (Å²) in [6, 6.07) is 57.1. The van der Waals surface area contributed by atoms with Crippen LogP contribution in [0.5, 0.6) is 0 Å². The molecule has 4 heterocycles. The first-order valence-electron chi connectivity index (χ1n) is 19.5. The maximum Gasteiger partial charge on any atom is 0.159 e. The van der Waals surface area contributed by atoms with Crippen molar-refractivity contribution < 1.29 is 0 Å². The van der Waals surface area contributed by atoms with Gasteiger partial charge in [-0.2, -0.15) is 0 Å². The number of hydrogen-bond acceptors (Lipinski definition) is 5. The van der Waals surface area contributed by atoms with Crippen molar-refractivity contribution >= 4 is 91.7 Å². The van der Waals surface area contributed by atoms with Crippen molar-refractivity contribution in [3.63, 3.8) is 0 Å². The van der Waals surface area contributed by atoms with E-state index in [1.807, 2.05) is 59.1 Å². The van der Waals surface area contributed by atoms with Gasteiger partial charge < -0.3 is 9.88 Å². The summed E-state index contributed by atoms with van der Waals surface area (Å²) < 4.78 is 7.70. The van der Waals surface area contributed by atoms with Gasteiger partial charge in [0.2, 0.25) is 0 Å². The van der Waals surface area contributed by atoms with E-state index in [1.165, 1.54) is 79.3 Å². The van der Waals surface area contributed by atoms with Crippen LogP contribution in [0, 0.1) is 0 Å². The number of allylic oxidation sites excluding steroid dienone is 1. The average Bonchev–Trinajstić information content (AvgIpc) is 3.95. The molecule has 1 aliphatic carbocycles. The molecule has 270 valence electrons. The fourth-order valence-corrected chi connectivity index (χ4v) is 11.2. The molecule has 3 aromatic heterocycles. The molecule has 1 N–H and O–H groups in total. The van der Waals surface area contributed by atoms with Crippen LogP contribution in [0.2, 0.25) is 0 Å². The Hall–Kier alpha value is -6.60. The second-order valence-electron chi connectivity index (χ2n) is 14.9. The van der Waals surface area contributed by atoms with Gasteiger partial charge in [0.15, 0.2) is 5.84 Å². The lowest BCUT2D eigenvalue weighted by molar-refractivity contribution is 0.675. The number of aliphatic imine (C=N–C) groups is 2. The van der Waals surface area contributed by atoms with Crippen LogP contribution in [0.3, 0.4) is 0 Å². The summed E-state index contributed by atoms with van der Waals surface area (Å²) in [5.74, 6) is 1.56. The third-order valence-electron chi connectivity index (χ3n) is 11.5. The Balaban J connectivity index is 0.930. The van der Waals surface area contributed by atoms with E-state index in [-0.39, 0.29) is 6.17 Å². The van der Waals surface area contributed by atoms with E-state index in [2.05, 4.69) is 143 Å². The minimum Gasteiger partial charge on any atom is -0.344 e. The van der Waals surface area contributed by atoms with E-state index in [4.69, 9.17) is 9.98 Å². The average molecular weight is 767 g/mol. The van der Waals surface area contributed by atoms with Crippen LogP contribution in [0.1, 0.15) is 40.5 Å². The SMILES string of the molecule is C1=Cc2c(n(-c3ccc4sc5cc(-c6cccc7c6sc6ccc(C8N=C(c9ccccc9)N=C(c9ccccc9)N8)cc67)ccc5c4c3)c3ccccc23)CC1. The molecule has 0 saturated heterocycles. The third-order valence-corrected chi connectivity index (χ3v) is 13.9. The zero-order valence-electron chi connectivity index (χ0n) is 30.8. The Morgan fingerprint density at radius 1 is 0.579 bits per heavy atom. The Kier molecular flexibility index (Phi) is 7.43. The third kappa shape index (κ3) is 5.32.